The molecule has 5 nitrogen and oxygen atoms in total. The molecule has 0 spiro atoms. The van der Waals surface area contributed by atoms with Gasteiger partial charge in [0.05, 0.1) is 11.4 Å². The van der Waals surface area contributed by atoms with E-state index in [1.807, 2.05) is 26.2 Å². The zero-order valence-corrected chi connectivity index (χ0v) is 11.5. The molecule has 1 N–H and O–H groups in total. The van der Waals surface area contributed by atoms with Gasteiger partial charge in [0, 0.05) is 38.0 Å². The summed E-state index contributed by atoms with van der Waals surface area (Å²) in [5.74, 6) is 0.408. The topological polar surface area (TPSA) is 64.0 Å². The van der Waals surface area contributed by atoms with Crippen LogP contribution in [0.25, 0.3) is 0 Å². The first-order valence-corrected chi connectivity index (χ1v) is 7.67. The average molecular weight is 259 g/mol. The molecular formula is C11H21N3O2S. The van der Waals surface area contributed by atoms with Gasteiger partial charge in [0.1, 0.15) is 0 Å². The van der Waals surface area contributed by atoms with Crippen LogP contribution in [0.4, 0.5) is 0 Å². The van der Waals surface area contributed by atoms with Crippen LogP contribution < -0.4 is 5.32 Å². The van der Waals surface area contributed by atoms with Crippen molar-refractivity contribution in [3.05, 3.63) is 18.0 Å². The first-order valence-electron chi connectivity index (χ1n) is 5.85. The minimum atomic E-state index is -2.89. The SMILES string of the molecule is CCS(=O)(=O)CC(C)NCCc1ccn(C)n1. The summed E-state index contributed by atoms with van der Waals surface area (Å²) in [4.78, 5) is 0. The Kier molecular flexibility index (Phi) is 5.14. The van der Waals surface area contributed by atoms with Crippen molar-refractivity contribution < 1.29 is 8.42 Å². The van der Waals surface area contributed by atoms with Gasteiger partial charge in [-0.15, -0.1) is 0 Å². The number of nitrogens with one attached hydrogen (secondary N) is 1. The summed E-state index contributed by atoms with van der Waals surface area (Å²) in [5, 5.41) is 7.46. The van der Waals surface area contributed by atoms with E-state index in [4.69, 9.17) is 0 Å². The van der Waals surface area contributed by atoms with E-state index in [2.05, 4.69) is 10.4 Å². The molecule has 17 heavy (non-hydrogen) atoms. The predicted molar refractivity (Wildman–Crippen MR) is 68.7 cm³/mol. The average Bonchev–Trinajstić information content (AvgIpc) is 2.63. The van der Waals surface area contributed by atoms with Gasteiger partial charge in [-0.25, -0.2) is 8.42 Å². The van der Waals surface area contributed by atoms with E-state index in [1.54, 1.807) is 11.6 Å². The fourth-order valence-corrected chi connectivity index (χ4v) is 2.72. The normalized spacial score (nSPS) is 13.8. The number of hydrogen-bond donors (Lipinski definition) is 1. The molecule has 0 radical (unpaired) electrons. The lowest BCUT2D eigenvalue weighted by Gasteiger charge is -2.12. The standard InChI is InChI=1S/C11H21N3O2S/c1-4-17(15,16)9-10(2)12-7-5-11-6-8-14(3)13-11/h6,8,10,12H,4-5,7,9H2,1-3H3. The molecule has 0 aliphatic carbocycles. The number of hydrogen-bond acceptors (Lipinski definition) is 4. The van der Waals surface area contributed by atoms with Gasteiger partial charge in [-0.2, -0.15) is 5.10 Å². The summed E-state index contributed by atoms with van der Waals surface area (Å²) in [6, 6.07) is 1.96. The van der Waals surface area contributed by atoms with Gasteiger partial charge in [-0.3, -0.25) is 4.68 Å². The second-order valence-electron chi connectivity index (χ2n) is 4.28. The monoisotopic (exact) mass is 259 g/mol. The zero-order valence-electron chi connectivity index (χ0n) is 10.7. The van der Waals surface area contributed by atoms with Gasteiger partial charge in [0.2, 0.25) is 0 Å². The third-order valence-electron chi connectivity index (χ3n) is 2.59. The Morgan fingerprint density at radius 1 is 1.53 bits per heavy atom. The number of rotatable bonds is 7. The Bertz CT molecular complexity index is 439. The van der Waals surface area contributed by atoms with Crippen LogP contribution in [0.3, 0.4) is 0 Å². The Morgan fingerprint density at radius 2 is 2.24 bits per heavy atom. The van der Waals surface area contributed by atoms with E-state index in [0.29, 0.717) is 0 Å². The maximum absolute atomic E-state index is 11.4. The van der Waals surface area contributed by atoms with E-state index in [0.717, 1.165) is 18.7 Å². The minimum Gasteiger partial charge on any atom is -0.313 e. The van der Waals surface area contributed by atoms with Gasteiger partial charge in [0.25, 0.3) is 0 Å². The van der Waals surface area contributed by atoms with E-state index < -0.39 is 9.84 Å². The van der Waals surface area contributed by atoms with Gasteiger partial charge >= 0.3 is 0 Å². The molecule has 1 atom stereocenters. The molecule has 1 unspecified atom stereocenters. The van der Waals surface area contributed by atoms with Crippen molar-refractivity contribution in [3.63, 3.8) is 0 Å². The van der Waals surface area contributed by atoms with Crippen LogP contribution in [0.1, 0.15) is 19.5 Å². The van der Waals surface area contributed by atoms with Gasteiger partial charge < -0.3 is 5.32 Å². The summed E-state index contributed by atoms with van der Waals surface area (Å²) in [6.07, 6.45) is 2.72. The van der Waals surface area contributed by atoms with Gasteiger partial charge in [-0.05, 0) is 13.0 Å². The highest BCUT2D eigenvalue weighted by molar-refractivity contribution is 7.91. The van der Waals surface area contributed by atoms with Crippen molar-refractivity contribution in [2.75, 3.05) is 18.1 Å². The molecule has 1 rings (SSSR count). The molecule has 1 aromatic rings. The Hall–Kier alpha value is -0.880. The lowest BCUT2D eigenvalue weighted by molar-refractivity contribution is 0.556. The molecule has 0 fully saturated rings. The summed E-state index contributed by atoms with van der Waals surface area (Å²) in [6.45, 7) is 4.32. The number of nitrogens with zero attached hydrogens (tertiary/aromatic N) is 2. The maximum Gasteiger partial charge on any atom is 0.151 e. The molecule has 0 saturated heterocycles. The van der Waals surface area contributed by atoms with Crippen LogP contribution in [0.15, 0.2) is 12.3 Å². The van der Waals surface area contributed by atoms with Crippen LogP contribution in [-0.4, -0.2) is 42.3 Å². The predicted octanol–water partition coefficient (Wildman–Crippen LogP) is 0.375. The molecule has 0 aliphatic heterocycles. The number of aromatic nitrogens is 2. The lowest BCUT2D eigenvalue weighted by Crippen LogP contribution is -2.34. The third kappa shape index (κ3) is 5.32. The van der Waals surface area contributed by atoms with Crippen LogP contribution >= 0.6 is 0 Å². The molecule has 1 aromatic heterocycles. The first kappa shape index (κ1) is 14.2. The second-order valence-corrected chi connectivity index (χ2v) is 6.68. The van der Waals surface area contributed by atoms with Crippen LogP contribution in [-0.2, 0) is 23.3 Å². The van der Waals surface area contributed by atoms with Crippen LogP contribution in [0.2, 0.25) is 0 Å². The molecule has 98 valence electrons. The van der Waals surface area contributed by atoms with Crippen molar-refractivity contribution in [1.29, 1.82) is 0 Å². The summed E-state index contributed by atoms with van der Waals surface area (Å²) in [5.41, 5.74) is 1.02. The van der Waals surface area contributed by atoms with Crippen LogP contribution in [0, 0.1) is 0 Å². The molecule has 0 amide bonds. The smallest absolute Gasteiger partial charge is 0.151 e. The van der Waals surface area contributed by atoms with E-state index in [-0.39, 0.29) is 17.5 Å². The molecule has 0 saturated carbocycles. The lowest BCUT2D eigenvalue weighted by atomic mass is 10.3. The fourth-order valence-electron chi connectivity index (χ4n) is 1.60. The van der Waals surface area contributed by atoms with Crippen molar-refractivity contribution in [2.24, 2.45) is 7.05 Å². The zero-order chi connectivity index (χ0) is 12.9. The highest BCUT2D eigenvalue weighted by Crippen LogP contribution is 1.97. The van der Waals surface area contributed by atoms with Crippen molar-refractivity contribution in [3.8, 4) is 0 Å². The van der Waals surface area contributed by atoms with Crippen molar-refractivity contribution in [2.45, 2.75) is 26.3 Å². The highest BCUT2D eigenvalue weighted by Gasteiger charge is 2.12. The summed E-state index contributed by atoms with van der Waals surface area (Å²) < 4.78 is 24.5. The fraction of sp³-hybridized carbons (Fsp3) is 0.727. The van der Waals surface area contributed by atoms with Gasteiger partial charge in [0.15, 0.2) is 9.84 Å². The van der Waals surface area contributed by atoms with Crippen molar-refractivity contribution in [1.82, 2.24) is 15.1 Å². The quantitative estimate of drug-likeness (QED) is 0.768. The summed E-state index contributed by atoms with van der Waals surface area (Å²) in [7, 11) is -1.01. The van der Waals surface area contributed by atoms with Gasteiger partial charge in [-0.1, -0.05) is 6.92 Å². The molecule has 0 aromatic carbocycles. The van der Waals surface area contributed by atoms with E-state index >= 15 is 0 Å². The number of sulfone groups is 1. The Labute approximate surface area is 103 Å². The molecule has 0 bridgehead atoms. The largest absolute Gasteiger partial charge is 0.313 e. The van der Waals surface area contributed by atoms with Crippen LogP contribution in [0.5, 0.6) is 0 Å². The second kappa shape index (κ2) is 6.16. The molecular weight excluding hydrogens is 238 g/mol. The highest BCUT2D eigenvalue weighted by atomic mass is 32.2. The Morgan fingerprint density at radius 3 is 2.76 bits per heavy atom. The molecule has 6 heteroatoms. The molecule has 1 heterocycles. The first-order chi connectivity index (χ1) is 7.93. The van der Waals surface area contributed by atoms with Crippen molar-refractivity contribution >= 4 is 9.84 Å². The third-order valence-corrected chi connectivity index (χ3v) is 4.47. The van der Waals surface area contributed by atoms with E-state index in [9.17, 15) is 8.42 Å². The number of aryl methyl sites for hydroxylation is 1. The Balaban J connectivity index is 2.27. The molecule has 0 aliphatic rings. The maximum atomic E-state index is 11.4. The summed E-state index contributed by atoms with van der Waals surface area (Å²) >= 11 is 0. The van der Waals surface area contributed by atoms with E-state index in [1.165, 1.54) is 0 Å². The minimum absolute atomic E-state index is 0.0105.